The fraction of sp³-hybridized carbons (Fsp3) is 0. The van der Waals surface area contributed by atoms with Gasteiger partial charge in [-0.3, -0.25) is 4.98 Å². The molecule has 0 unspecified atom stereocenters. The van der Waals surface area contributed by atoms with E-state index in [2.05, 4.69) is 36.0 Å². The van der Waals surface area contributed by atoms with Gasteiger partial charge in [-0.15, -0.1) is 0 Å². The number of aromatic nitrogens is 4. The van der Waals surface area contributed by atoms with Crippen LogP contribution in [0.3, 0.4) is 0 Å². The number of rotatable bonds is 2. The highest BCUT2D eigenvalue weighted by Gasteiger charge is 2.12. The Kier molecular flexibility index (Phi) is 2.96. The first-order chi connectivity index (χ1) is 9.24. The molecule has 19 heavy (non-hydrogen) atoms. The standard InChI is InChI=1S/C12H7BrN4O2/c13-8-2-1-7(5-10(8)18)12-16-11(17-19-12)9-6-14-3-4-15-9/h1-6,18H. The second kappa shape index (κ2) is 4.77. The van der Waals surface area contributed by atoms with Crippen LogP contribution in [0, 0.1) is 0 Å². The minimum atomic E-state index is 0.108. The summed E-state index contributed by atoms with van der Waals surface area (Å²) in [5.41, 5.74) is 1.15. The Morgan fingerprint density at radius 2 is 2.11 bits per heavy atom. The van der Waals surface area contributed by atoms with Crippen molar-refractivity contribution < 1.29 is 9.63 Å². The van der Waals surface area contributed by atoms with Crippen LogP contribution >= 0.6 is 15.9 Å². The van der Waals surface area contributed by atoms with Crippen LogP contribution in [-0.2, 0) is 0 Å². The molecule has 0 aliphatic heterocycles. The van der Waals surface area contributed by atoms with Gasteiger partial charge in [-0.25, -0.2) is 4.98 Å². The Labute approximate surface area is 116 Å². The van der Waals surface area contributed by atoms with E-state index in [-0.39, 0.29) is 5.75 Å². The average Bonchev–Trinajstić information content (AvgIpc) is 2.93. The van der Waals surface area contributed by atoms with Gasteiger partial charge in [0, 0.05) is 18.0 Å². The van der Waals surface area contributed by atoms with E-state index in [1.54, 1.807) is 30.7 Å². The van der Waals surface area contributed by atoms with E-state index < -0.39 is 0 Å². The Morgan fingerprint density at radius 1 is 1.21 bits per heavy atom. The van der Waals surface area contributed by atoms with Crippen molar-refractivity contribution in [2.75, 3.05) is 0 Å². The van der Waals surface area contributed by atoms with Crippen molar-refractivity contribution in [3.63, 3.8) is 0 Å². The maximum absolute atomic E-state index is 9.63. The summed E-state index contributed by atoms with van der Waals surface area (Å²) >= 11 is 3.21. The molecule has 1 aromatic carbocycles. The van der Waals surface area contributed by atoms with Crippen LogP contribution < -0.4 is 0 Å². The van der Waals surface area contributed by atoms with Crippen LogP contribution in [0.4, 0.5) is 0 Å². The van der Waals surface area contributed by atoms with Gasteiger partial charge in [0.05, 0.1) is 10.7 Å². The summed E-state index contributed by atoms with van der Waals surface area (Å²) in [5, 5.41) is 13.5. The van der Waals surface area contributed by atoms with Crippen molar-refractivity contribution in [3.05, 3.63) is 41.3 Å². The largest absolute Gasteiger partial charge is 0.507 e. The van der Waals surface area contributed by atoms with Gasteiger partial charge in [0.1, 0.15) is 11.4 Å². The SMILES string of the molecule is Oc1cc(-c2nc(-c3cnccn3)no2)ccc1Br. The second-order valence-corrected chi connectivity index (χ2v) is 4.53. The van der Waals surface area contributed by atoms with E-state index in [9.17, 15) is 5.11 Å². The van der Waals surface area contributed by atoms with Crippen LogP contribution in [0.15, 0.2) is 45.8 Å². The third-order valence-corrected chi connectivity index (χ3v) is 3.08. The Morgan fingerprint density at radius 3 is 2.84 bits per heavy atom. The van der Waals surface area contributed by atoms with Gasteiger partial charge >= 0.3 is 0 Å². The maximum Gasteiger partial charge on any atom is 0.258 e. The molecule has 0 bridgehead atoms. The molecule has 0 radical (unpaired) electrons. The van der Waals surface area contributed by atoms with Gasteiger partial charge < -0.3 is 9.63 Å². The van der Waals surface area contributed by atoms with Crippen molar-refractivity contribution in [1.82, 2.24) is 20.1 Å². The molecule has 0 aliphatic rings. The molecule has 6 nitrogen and oxygen atoms in total. The normalized spacial score (nSPS) is 10.6. The summed E-state index contributed by atoms with van der Waals surface area (Å²) in [6.45, 7) is 0. The van der Waals surface area contributed by atoms with Gasteiger partial charge in [0.25, 0.3) is 5.89 Å². The lowest BCUT2D eigenvalue weighted by atomic mass is 10.2. The van der Waals surface area contributed by atoms with Crippen molar-refractivity contribution in [2.45, 2.75) is 0 Å². The zero-order valence-electron chi connectivity index (χ0n) is 9.49. The van der Waals surface area contributed by atoms with E-state index >= 15 is 0 Å². The van der Waals surface area contributed by atoms with Crippen molar-refractivity contribution in [2.24, 2.45) is 0 Å². The zero-order chi connectivity index (χ0) is 13.2. The smallest absolute Gasteiger partial charge is 0.258 e. The summed E-state index contributed by atoms with van der Waals surface area (Å²) in [5.74, 6) is 0.769. The Hall–Kier alpha value is -2.28. The number of hydrogen-bond acceptors (Lipinski definition) is 6. The minimum Gasteiger partial charge on any atom is -0.507 e. The highest BCUT2D eigenvalue weighted by atomic mass is 79.9. The number of hydrogen-bond donors (Lipinski definition) is 1. The summed E-state index contributed by atoms with van der Waals surface area (Å²) in [7, 11) is 0. The minimum absolute atomic E-state index is 0.108. The molecule has 0 amide bonds. The molecule has 94 valence electrons. The summed E-state index contributed by atoms with van der Waals surface area (Å²) < 4.78 is 5.75. The van der Waals surface area contributed by atoms with Gasteiger partial charge in [-0.2, -0.15) is 4.98 Å². The van der Waals surface area contributed by atoms with E-state index in [1.165, 1.54) is 6.07 Å². The monoisotopic (exact) mass is 318 g/mol. The van der Waals surface area contributed by atoms with Gasteiger partial charge in [0.2, 0.25) is 5.82 Å². The lowest BCUT2D eigenvalue weighted by Crippen LogP contribution is -1.86. The molecule has 0 atom stereocenters. The van der Waals surface area contributed by atoms with Crippen LogP contribution in [-0.4, -0.2) is 25.2 Å². The number of phenols is 1. The molecule has 2 heterocycles. The number of nitrogens with zero attached hydrogens (tertiary/aromatic N) is 4. The van der Waals surface area contributed by atoms with E-state index in [0.717, 1.165) is 0 Å². The van der Waals surface area contributed by atoms with Gasteiger partial charge in [-0.1, -0.05) is 5.16 Å². The number of phenolic OH excluding ortho intramolecular Hbond substituents is 1. The highest BCUT2D eigenvalue weighted by molar-refractivity contribution is 9.10. The number of halogens is 1. The fourth-order valence-corrected chi connectivity index (χ4v) is 1.75. The van der Waals surface area contributed by atoms with E-state index in [4.69, 9.17) is 4.52 Å². The predicted octanol–water partition coefficient (Wildman–Crippen LogP) is 2.66. The Bertz CT molecular complexity index is 715. The van der Waals surface area contributed by atoms with Crippen LogP contribution in [0.25, 0.3) is 23.0 Å². The molecule has 0 aliphatic carbocycles. The summed E-state index contributed by atoms with van der Waals surface area (Å²) in [6.07, 6.45) is 4.67. The zero-order valence-corrected chi connectivity index (χ0v) is 11.1. The summed E-state index contributed by atoms with van der Waals surface area (Å²) in [4.78, 5) is 12.2. The number of benzene rings is 1. The molecule has 2 aromatic heterocycles. The lowest BCUT2D eigenvalue weighted by Gasteiger charge is -1.98. The van der Waals surface area contributed by atoms with E-state index in [1.807, 2.05) is 0 Å². The maximum atomic E-state index is 9.63. The third-order valence-electron chi connectivity index (χ3n) is 2.41. The fourth-order valence-electron chi connectivity index (χ4n) is 1.51. The first kappa shape index (κ1) is 11.8. The van der Waals surface area contributed by atoms with Crippen molar-refractivity contribution in [3.8, 4) is 28.7 Å². The average molecular weight is 319 g/mol. The number of aromatic hydroxyl groups is 1. The Balaban J connectivity index is 1.99. The second-order valence-electron chi connectivity index (χ2n) is 3.68. The molecule has 3 rings (SSSR count). The molecule has 0 fully saturated rings. The molecule has 0 spiro atoms. The first-order valence-electron chi connectivity index (χ1n) is 5.33. The van der Waals surface area contributed by atoms with Crippen molar-refractivity contribution in [1.29, 1.82) is 0 Å². The molecule has 1 N–H and O–H groups in total. The summed E-state index contributed by atoms with van der Waals surface area (Å²) in [6, 6.07) is 5.01. The quantitative estimate of drug-likeness (QED) is 0.781. The predicted molar refractivity (Wildman–Crippen MR) is 70.1 cm³/mol. The van der Waals surface area contributed by atoms with Gasteiger partial charge in [-0.05, 0) is 34.1 Å². The molecule has 7 heteroatoms. The van der Waals surface area contributed by atoms with Crippen molar-refractivity contribution >= 4 is 15.9 Å². The molecular formula is C12H7BrN4O2. The first-order valence-corrected chi connectivity index (χ1v) is 6.12. The highest BCUT2D eigenvalue weighted by Crippen LogP contribution is 2.29. The molecule has 3 aromatic rings. The van der Waals surface area contributed by atoms with Gasteiger partial charge in [0.15, 0.2) is 0 Å². The van der Waals surface area contributed by atoms with E-state index in [0.29, 0.717) is 27.4 Å². The topological polar surface area (TPSA) is 84.9 Å². The van der Waals surface area contributed by atoms with Crippen LogP contribution in [0.1, 0.15) is 0 Å². The molecule has 0 saturated carbocycles. The third kappa shape index (κ3) is 2.32. The molecular weight excluding hydrogens is 312 g/mol. The van der Waals surface area contributed by atoms with Crippen LogP contribution in [0.2, 0.25) is 0 Å². The molecule has 0 saturated heterocycles. The lowest BCUT2D eigenvalue weighted by molar-refractivity contribution is 0.431. The van der Waals surface area contributed by atoms with Crippen LogP contribution in [0.5, 0.6) is 5.75 Å².